The second-order valence-electron chi connectivity index (χ2n) is 4.99. The fraction of sp³-hybridized carbons (Fsp3) is 0.167. The van der Waals surface area contributed by atoms with E-state index in [1.165, 1.54) is 11.8 Å². The molecule has 0 bridgehead atoms. The molecule has 1 aliphatic rings. The first-order valence-corrected chi connectivity index (χ1v) is 7.66. The lowest BCUT2D eigenvalue weighted by molar-refractivity contribution is -0.113. The molecule has 0 aliphatic carbocycles. The summed E-state index contributed by atoms with van der Waals surface area (Å²) < 4.78 is 6.22. The van der Waals surface area contributed by atoms with E-state index in [4.69, 9.17) is 4.74 Å². The van der Waals surface area contributed by atoms with Gasteiger partial charge in [-0.2, -0.15) is 0 Å². The third-order valence-electron chi connectivity index (χ3n) is 3.49. The van der Waals surface area contributed by atoms with Crippen molar-refractivity contribution in [3.63, 3.8) is 0 Å². The third kappa shape index (κ3) is 2.38. The van der Waals surface area contributed by atoms with E-state index >= 15 is 0 Å². The van der Waals surface area contributed by atoms with E-state index in [1.54, 1.807) is 6.92 Å². The highest BCUT2D eigenvalue weighted by atomic mass is 32.2. The van der Waals surface area contributed by atoms with Crippen molar-refractivity contribution in [2.45, 2.75) is 18.8 Å². The van der Waals surface area contributed by atoms with Crippen molar-refractivity contribution in [2.75, 3.05) is 0 Å². The molecule has 0 aromatic heterocycles. The summed E-state index contributed by atoms with van der Waals surface area (Å²) in [5.41, 5.74) is 2.08. The van der Waals surface area contributed by atoms with Crippen molar-refractivity contribution >= 4 is 17.5 Å². The van der Waals surface area contributed by atoms with E-state index in [2.05, 4.69) is 0 Å². The minimum atomic E-state index is -0.673. The molecule has 0 N–H and O–H groups in total. The fourth-order valence-corrected chi connectivity index (χ4v) is 3.83. The lowest BCUT2D eigenvalue weighted by atomic mass is 10.0. The number of rotatable bonds is 3. The van der Waals surface area contributed by atoms with Crippen molar-refractivity contribution in [3.8, 4) is 0 Å². The predicted octanol–water partition coefficient (Wildman–Crippen LogP) is 4.47. The summed E-state index contributed by atoms with van der Waals surface area (Å²) in [6.45, 7) is 3.44. The Labute approximate surface area is 128 Å². The summed E-state index contributed by atoms with van der Waals surface area (Å²) in [5, 5.41) is 0. The van der Waals surface area contributed by atoms with Gasteiger partial charge in [0.1, 0.15) is 5.76 Å². The maximum atomic E-state index is 11.8. The first kappa shape index (κ1) is 14.0. The molecular formula is C18H16O2S. The van der Waals surface area contributed by atoms with Gasteiger partial charge in [-0.3, -0.25) is 4.79 Å². The lowest BCUT2D eigenvalue weighted by Crippen LogP contribution is -2.23. The molecule has 0 amide bonds. The second-order valence-corrected chi connectivity index (χ2v) is 6.18. The Morgan fingerprint density at radius 2 is 1.43 bits per heavy atom. The molecule has 0 saturated heterocycles. The van der Waals surface area contributed by atoms with E-state index in [9.17, 15) is 4.79 Å². The Morgan fingerprint density at radius 1 is 0.952 bits per heavy atom. The number of carbonyl (C=O) groups excluding carboxylic acids is 1. The van der Waals surface area contributed by atoms with Gasteiger partial charge in [-0.05, 0) is 13.8 Å². The number of carbonyl (C=O) groups is 1. The van der Waals surface area contributed by atoms with Crippen LogP contribution in [0.15, 0.2) is 71.3 Å². The van der Waals surface area contributed by atoms with Crippen LogP contribution in [0.2, 0.25) is 0 Å². The van der Waals surface area contributed by atoms with Gasteiger partial charge in [0.25, 0.3) is 0 Å². The van der Waals surface area contributed by atoms with Crippen LogP contribution in [0, 0.1) is 0 Å². The second kappa shape index (κ2) is 5.41. The van der Waals surface area contributed by atoms with Gasteiger partial charge in [0, 0.05) is 11.1 Å². The summed E-state index contributed by atoms with van der Waals surface area (Å²) in [6.07, 6.45) is 0. The number of thioether (sulfide) groups is 1. The van der Waals surface area contributed by atoms with Crippen LogP contribution < -0.4 is 0 Å². The Hall–Kier alpha value is -2.00. The van der Waals surface area contributed by atoms with Crippen molar-refractivity contribution < 1.29 is 9.53 Å². The van der Waals surface area contributed by atoms with E-state index in [0.29, 0.717) is 10.7 Å². The van der Waals surface area contributed by atoms with Gasteiger partial charge in [-0.25, -0.2) is 0 Å². The number of hydrogen-bond acceptors (Lipinski definition) is 3. The minimum absolute atomic E-state index is 0.0474. The highest BCUT2D eigenvalue weighted by Crippen LogP contribution is 2.54. The molecule has 106 valence electrons. The molecule has 3 rings (SSSR count). The summed E-state index contributed by atoms with van der Waals surface area (Å²) in [5.74, 6) is 0.742. The Balaban J connectivity index is 2.14. The van der Waals surface area contributed by atoms with Crippen LogP contribution in [-0.2, 0) is 14.5 Å². The van der Waals surface area contributed by atoms with Crippen LogP contribution >= 0.6 is 11.8 Å². The maximum absolute atomic E-state index is 11.8. The van der Waals surface area contributed by atoms with Crippen LogP contribution in [0.1, 0.15) is 25.0 Å². The highest BCUT2D eigenvalue weighted by Gasteiger charge is 2.45. The average molecular weight is 296 g/mol. The van der Waals surface area contributed by atoms with Crippen molar-refractivity contribution in [3.05, 3.63) is 82.5 Å². The van der Waals surface area contributed by atoms with Gasteiger partial charge >= 0.3 is 0 Å². The lowest BCUT2D eigenvalue weighted by Gasteiger charge is -2.29. The molecule has 0 spiro atoms. The molecule has 0 saturated carbocycles. The van der Waals surface area contributed by atoms with Gasteiger partial charge in [0.05, 0.1) is 4.91 Å². The summed E-state index contributed by atoms with van der Waals surface area (Å²) in [6, 6.07) is 20.1. The zero-order valence-electron chi connectivity index (χ0n) is 12.0. The zero-order chi connectivity index (χ0) is 14.9. The van der Waals surface area contributed by atoms with E-state index in [1.807, 2.05) is 67.6 Å². The van der Waals surface area contributed by atoms with Crippen molar-refractivity contribution in [1.29, 1.82) is 0 Å². The molecule has 2 aromatic rings. The number of ketones is 1. The predicted molar refractivity (Wildman–Crippen MR) is 85.7 cm³/mol. The van der Waals surface area contributed by atoms with E-state index < -0.39 is 4.93 Å². The normalized spacial score (nSPS) is 16.7. The van der Waals surface area contributed by atoms with E-state index in [0.717, 1.165) is 11.1 Å². The third-order valence-corrected chi connectivity index (χ3v) is 5.11. The first-order valence-electron chi connectivity index (χ1n) is 6.84. The Bertz CT molecular complexity index is 650. The molecule has 2 aromatic carbocycles. The van der Waals surface area contributed by atoms with Gasteiger partial charge < -0.3 is 4.74 Å². The Morgan fingerprint density at radius 3 is 1.81 bits per heavy atom. The van der Waals surface area contributed by atoms with Crippen LogP contribution in [0.25, 0.3) is 0 Å². The molecule has 3 heteroatoms. The smallest absolute Gasteiger partial charge is 0.210 e. The summed E-state index contributed by atoms with van der Waals surface area (Å²) in [4.78, 5) is 11.9. The number of allylic oxidation sites excluding steroid dienone is 2. The number of benzene rings is 2. The summed E-state index contributed by atoms with van der Waals surface area (Å²) in [7, 11) is 0. The standard InChI is InChI=1S/C18H16O2S/c1-13(19)17-14(2)20-18(21-17,15-9-5-3-6-10-15)16-11-7-4-8-12-16/h3-12H,1-2H3. The molecular weight excluding hydrogens is 280 g/mol. The van der Waals surface area contributed by atoms with Crippen LogP contribution in [0.3, 0.4) is 0 Å². The highest BCUT2D eigenvalue weighted by molar-refractivity contribution is 8.05. The molecule has 2 nitrogen and oxygen atoms in total. The largest absolute Gasteiger partial charge is 0.471 e. The number of ether oxygens (including phenoxy) is 1. The minimum Gasteiger partial charge on any atom is -0.471 e. The van der Waals surface area contributed by atoms with Gasteiger partial charge in [-0.15, -0.1) is 0 Å². The molecule has 0 fully saturated rings. The number of Topliss-reactive ketones (excluding diaryl/α,β-unsaturated/α-hetero) is 1. The van der Waals surface area contributed by atoms with Gasteiger partial charge in [-0.1, -0.05) is 72.4 Å². The topological polar surface area (TPSA) is 26.3 Å². The van der Waals surface area contributed by atoms with Gasteiger partial charge in [0.2, 0.25) is 4.93 Å². The molecule has 0 unspecified atom stereocenters. The van der Waals surface area contributed by atoms with Crippen LogP contribution in [0.4, 0.5) is 0 Å². The molecule has 0 atom stereocenters. The summed E-state index contributed by atoms with van der Waals surface area (Å²) >= 11 is 1.49. The first-order chi connectivity index (χ1) is 10.1. The van der Waals surface area contributed by atoms with Crippen LogP contribution in [0.5, 0.6) is 0 Å². The number of hydrogen-bond donors (Lipinski definition) is 0. The fourth-order valence-electron chi connectivity index (χ4n) is 2.54. The Kier molecular flexibility index (Phi) is 3.60. The van der Waals surface area contributed by atoms with Crippen molar-refractivity contribution in [1.82, 2.24) is 0 Å². The molecule has 1 aliphatic heterocycles. The zero-order valence-corrected chi connectivity index (χ0v) is 12.8. The van der Waals surface area contributed by atoms with Crippen LogP contribution in [-0.4, -0.2) is 5.78 Å². The van der Waals surface area contributed by atoms with E-state index in [-0.39, 0.29) is 5.78 Å². The molecule has 1 heterocycles. The maximum Gasteiger partial charge on any atom is 0.210 e. The molecule has 0 radical (unpaired) electrons. The average Bonchev–Trinajstić information content (AvgIpc) is 2.88. The quantitative estimate of drug-likeness (QED) is 0.836. The van der Waals surface area contributed by atoms with Crippen molar-refractivity contribution in [2.24, 2.45) is 0 Å². The van der Waals surface area contributed by atoms with Gasteiger partial charge in [0.15, 0.2) is 5.78 Å². The molecule has 21 heavy (non-hydrogen) atoms. The monoisotopic (exact) mass is 296 g/mol. The SMILES string of the molecule is CC(=O)C1=C(C)OC(c2ccccc2)(c2ccccc2)S1.